The Kier molecular flexibility index (Phi) is 3.86. The molecule has 1 heterocycles. The van der Waals surface area contributed by atoms with Crippen LogP contribution in [0.4, 0.5) is 5.69 Å². The van der Waals surface area contributed by atoms with Crippen LogP contribution in [0.25, 0.3) is 10.9 Å². The Morgan fingerprint density at radius 2 is 2.18 bits per heavy atom. The van der Waals surface area contributed by atoms with Gasteiger partial charge in [-0.1, -0.05) is 12.1 Å². The highest BCUT2D eigenvalue weighted by molar-refractivity contribution is 8.00. The van der Waals surface area contributed by atoms with Crippen LogP contribution in [0.2, 0.25) is 0 Å². The number of aromatic amines is 1. The third-order valence-electron chi connectivity index (χ3n) is 3.44. The number of nitrogens with zero attached hydrogens (tertiary/aromatic N) is 1. The SMILES string of the molecule is Cc1ccc(NSc2cccc(C#N)c2)c2[nH]cc(C=O)c12. The van der Waals surface area contributed by atoms with E-state index in [9.17, 15) is 4.79 Å². The lowest BCUT2D eigenvalue weighted by Gasteiger charge is -2.08. The van der Waals surface area contributed by atoms with Gasteiger partial charge in [0.2, 0.25) is 0 Å². The average Bonchev–Trinajstić information content (AvgIpc) is 2.99. The number of carbonyl (C=O) groups excluding carboxylic acids is 1. The van der Waals surface area contributed by atoms with Crippen LogP contribution < -0.4 is 4.72 Å². The number of anilines is 1. The van der Waals surface area contributed by atoms with Crippen molar-refractivity contribution in [2.45, 2.75) is 11.8 Å². The molecule has 0 atom stereocenters. The Hall–Kier alpha value is -2.71. The first-order valence-corrected chi connectivity index (χ1v) is 7.53. The van der Waals surface area contributed by atoms with Gasteiger partial charge in [0, 0.05) is 22.0 Å². The number of nitriles is 1. The summed E-state index contributed by atoms with van der Waals surface area (Å²) in [5, 5.41) is 9.87. The van der Waals surface area contributed by atoms with Gasteiger partial charge in [-0.3, -0.25) is 4.79 Å². The molecule has 3 aromatic rings. The van der Waals surface area contributed by atoms with Crippen molar-refractivity contribution in [2.24, 2.45) is 0 Å². The minimum Gasteiger partial charge on any atom is -0.359 e. The number of aromatic nitrogens is 1. The van der Waals surface area contributed by atoms with Gasteiger partial charge in [-0.05, 0) is 48.7 Å². The molecule has 4 nitrogen and oxygen atoms in total. The molecule has 3 rings (SSSR count). The number of H-pyrrole nitrogens is 1. The van der Waals surface area contributed by atoms with Gasteiger partial charge in [-0.15, -0.1) is 0 Å². The molecule has 108 valence electrons. The zero-order chi connectivity index (χ0) is 15.5. The maximum atomic E-state index is 11.1. The molecule has 0 radical (unpaired) electrons. The monoisotopic (exact) mass is 307 g/mol. The summed E-state index contributed by atoms with van der Waals surface area (Å²) in [7, 11) is 0. The summed E-state index contributed by atoms with van der Waals surface area (Å²) in [4.78, 5) is 15.2. The number of aldehydes is 1. The first-order valence-electron chi connectivity index (χ1n) is 6.72. The summed E-state index contributed by atoms with van der Waals surface area (Å²) in [6.45, 7) is 1.98. The smallest absolute Gasteiger partial charge is 0.152 e. The van der Waals surface area contributed by atoms with E-state index in [2.05, 4.69) is 15.8 Å². The van der Waals surface area contributed by atoms with E-state index in [-0.39, 0.29) is 0 Å². The summed E-state index contributed by atoms with van der Waals surface area (Å²) in [5.41, 5.74) is 4.16. The average molecular weight is 307 g/mol. The predicted octanol–water partition coefficient (Wildman–Crippen LogP) is 4.28. The molecule has 22 heavy (non-hydrogen) atoms. The fourth-order valence-corrected chi connectivity index (χ4v) is 3.10. The van der Waals surface area contributed by atoms with Crippen LogP contribution in [-0.4, -0.2) is 11.3 Å². The van der Waals surface area contributed by atoms with Crippen molar-refractivity contribution >= 4 is 34.8 Å². The van der Waals surface area contributed by atoms with E-state index >= 15 is 0 Å². The standard InChI is InChI=1S/C17H13N3OS/c1-11-5-6-15(17-16(11)13(10-21)9-19-17)20-22-14-4-2-3-12(7-14)8-18/h2-7,9-10,19-20H,1H3. The van der Waals surface area contributed by atoms with Crippen LogP contribution in [0.3, 0.4) is 0 Å². The molecule has 0 bridgehead atoms. The summed E-state index contributed by atoms with van der Waals surface area (Å²) < 4.78 is 3.28. The normalized spacial score (nSPS) is 10.4. The van der Waals surface area contributed by atoms with Gasteiger partial charge in [0.1, 0.15) is 0 Å². The Labute approximate surface area is 132 Å². The number of hydrogen-bond acceptors (Lipinski definition) is 4. The predicted molar refractivity (Wildman–Crippen MR) is 89.1 cm³/mol. The van der Waals surface area contributed by atoms with Gasteiger partial charge in [0.05, 0.1) is 22.8 Å². The van der Waals surface area contributed by atoms with Crippen molar-refractivity contribution in [3.63, 3.8) is 0 Å². The van der Waals surface area contributed by atoms with Gasteiger partial charge in [0.25, 0.3) is 0 Å². The lowest BCUT2D eigenvalue weighted by molar-refractivity contribution is 0.112. The molecule has 5 heteroatoms. The van der Waals surface area contributed by atoms with Gasteiger partial charge < -0.3 is 9.71 Å². The second-order valence-electron chi connectivity index (χ2n) is 4.89. The molecule has 0 aliphatic rings. The van der Waals surface area contributed by atoms with E-state index in [0.29, 0.717) is 11.1 Å². The molecular weight excluding hydrogens is 294 g/mol. The number of aryl methyl sites for hydroxylation is 1. The maximum absolute atomic E-state index is 11.1. The molecule has 0 spiro atoms. The van der Waals surface area contributed by atoms with Gasteiger partial charge in [-0.25, -0.2) is 0 Å². The summed E-state index contributed by atoms with van der Waals surface area (Å²) in [5.74, 6) is 0. The van der Waals surface area contributed by atoms with E-state index in [1.54, 1.807) is 12.3 Å². The molecule has 0 amide bonds. The van der Waals surface area contributed by atoms with Gasteiger partial charge in [-0.2, -0.15) is 5.26 Å². The van der Waals surface area contributed by atoms with E-state index < -0.39 is 0 Å². The number of hydrogen-bond donors (Lipinski definition) is 2. The van der Waals surface area contributed by atoms with Crippen molar-refractivity contribution in [2.75, 3.05) is 4.72 Å². The zero-order valence-electron chi connectivity index (χ0n) is 11.9. The molecule has 0 fully saturated rings. The van der Waals surface area contributed by atoms with Gasteiger partial charge >= 0.3 is 0 Å². The number of nitrogens with one attached hydrogen (secondary N) is 2. The topological polar surface area (TPSA) is 68.7 Å². The minimum absolute atomic E-state index is 0.629. The summed E-state index contributed by atoms with van der Waals surface area (Å²) >= 11 is 1.43. The second kappa shape index (κ2) is 5.96. The molecule has 0 saturated carbocycles. The lowest BCUT2D eigenvalue weighted by Crippen LogP contribution is -1.90. The van der Waals surface area contributed by atoms with Crippen LogP contribution in [0, 0.1) is 18.3 Å². The molecule has 1 aromatic heterocycles. The molecule has 0 saturated heterocycles. The van der Waals surface area contributed by atoms with Gasteiger partial charge in [0.15, 0.2) is 6.29 Å². The van der Waals surface area contributed by atoms with Crippen LogP contribution >= 0.6 is 11.9 Å². The Morgan fingerprint density at radius 3 is 2.95 bits per heavy atom. The number of rotatable bonds is 4. The quantitative estimate of drug-likeness (QED) is 0.557. The van der Waals surface area contributed by atoms with E-state index in [1.165, 1.54) is 11.9 Å². The Morgan fingerprint density at radius 1 is 1.32 bits per heavy atom. The molecule has 0 aliphatic carbocycles. The molecule has 2 N–H and O–H groups in total. The highest BCUT2D eigenvalue weighted by Crippen LogP contribution is 2.31. The third-order valence-corrected chi connectivity index (χ3v) is 4.25. The fraction of sp³-hybridized carbons (Fsp3) is 0.0588. The third kappa shape index (κ3) is 2.57. The minimum atomic E-state index is 0.629. The van der Waals surface area contributed by atoms with Crippen LogP contribution in [0.15, 0.2) is 47.5 Å². The Bertz CT molecular complexity index is 893. The number of benzene rings is 2. The van der Waals surface area contributed by atoms with E-state index in [4.69, 9.17) is 5.26 Å². The fourth-order valence-electron chi connectivity index (χ4n) is 2.37. The van der Waals surface area contributed by atoms with Crippen molar-refractivity contribution in [1.82, 2.24) is 4.98 Å². The molecule has 2 aromatic carbocycles. The molecular formula is C17H13N3OS. The highest BCUT2D eigenvalue weighted by atomic mass is 32.2. The lowest BCUT2D eigenvalue weighted by atomic mass is 10.1. The van der Waals surface area contributed by atoms with Crippen molar-refractivity contribution in [3.05, 3.63) is 59.3 Å². The summed E-state index contributed by atoms with van der Waals surface area (Å²) in [6.07, 6.45) is 2.58. The van der Waals surface area contributed by atoms with Crippen LogP contribution in [0.5, 0.6) is 0 Å². The Balaban J connectivity index is 1.91. The molecule has 0 aliphatic heterocycles. The zero-order valence-corrected chi connectivity index (χ0v) is 12.7. The second-order valence-corrected chi connectivity index (χ2v) is 5.77. The number of carbonyl (C=O) groups is 1. The summed E-state index contributed by atoms with van der Waals surface area (Å²) in [6, 6.07) is 13.5. The van der Waals surface area contributed by atoms with Crippen molar-refractivity contribution in [1.29, 1.82) is 5.26 Å². The van der Waals surface area contributed by atoms with Crippen LogP contribution in [-0.2, 0) is 0 Å². The highest BCUT2D eigenvalue weighted by Gasteiger charge is 2.10. The maximum Gasteiger partial charge on any atom is 0.152 e. The van der Waals surface area contributed by atoms with Crippen molar-refractivity contribution < 1.29 is 4.79 Å². The van der Waals surface area contributed by atoms with E-state index in [0.717, 1.165) is 33.3 Å². The molecule has 0 unspecified atom stereocenters. The first-order chi connectivity index (χ1) is 10.7. The van der Waals surface area contributed by atoms with Crippen molar-refractivity contribution in [3.8, 4) is 6.07 Å². The largest absolute Gasteiger partial charge is 0.359 e. The first kappa shape index (κ1) is 14.2. The number of fused-ring (bicyclic) bond motifs is 1. The van der Waals surface area contributed by atoms with E-state index in [1.807, 2.05) is 37.3 Å². The van der Waals surface area contributed by atoms with Crippen LogP contribution in [0.1, 0.15) is 21.5 Å².